The predicted octanol–water partition coefficient (Wildman–Crippen LogP) is 3.33. The highest BCUT2D eigenvalue weighted by Gasteiger charge is 2.32. The van der Waals surface area contributed by atoms with Crippen LogP contribution in [0.25, 0.3) is 0 Å². The highest BCUT2D eigenvalue weighted by molar-refractivity contribution is 5.33. The second-order valence-electron chi connectivity index (χ2n) is 2.52. The minimum atomic E-state index is -5.05. The topological polar surface area (TPSA) is 18.5 Å². The number of benzene rings is 1. The Kier molecular flexibility index (Phi) is 3.51. The molecule has 0 aliphatic heterocycles. The lowest BCUT2D eigenvalue weighted by Gasteiger charge is -2.10. The molecule has 0 spiro atoms. The van der Waals surface area contributed by atoms with Gasteiger partial charge in [-0.2, -0.15) is 8.78 Å². The normalized spacial score (nSPS) is 11.7. The lowest BCUT2D eigenvalue weighted by molar-refractivity contribution is -0.275. The van der Waals surface area contributed by atoms with Crippen molar-refractivity contribution in [3.05, 3.63) is 24.0 Å². The Hall–Kier alpha value is -1.60. The van der Waals surface area contributed by atoms with Crippen LogP contribution in [0.1, 0.15) is 0 Å². The Morgan fingerprint density at radius 2 is 1.75 bits per heavy atom. The van der Waals surface area contributed by atoms with Crippen LogP contribution in [0.4, 0.5) is 26.3 Å². The van der Waals surface area contributed by atoms with Gasteiger partial charge in [-0.15, -0.1) is 13.2 Å². The van der Waals surface area contributed by atoms with E-state index in [0.717, 1.165) is 6.07 Å². The lowest BCUT2D eigenvalue weighted by Crippen LogP contribution is -2.18. The molecule has 0 N–H and O–H groups in total. The summed E-state index contributed by atoms with van der Waals surface area (Å²) in [5.74, 6) is -3.16. The van der Waals surface area contributed by atoms with E-state index >= 15 is 0 Å². The highest BCUT2D eigenvalue weighted by atomic mass is 19.4. The largest absolute Gasteiger partial charge is 0.573 e. The van der Waals surface area contributed by atoms with Crippen LogP contribution in [0.3, 0.4) is 0 Å². The second-order valence-corrected chi connectivity index (χ2v) is 2.52. The molecule has 0 saturated carbocycles. The molecular weight excluding hydrogens is 242 g/mol. The maximum atomic E-state index is 12.9. The third-order valence-electron chi connectivity index (χ3n) is 1.35. The monoisotopic (exact) mass is 246 g/mol. The summed E-state index contributed by atoms with van der Waals surface area (Å²) in [5.41, 5.74) is 0. The minimum absolute atomic E-state index is 0.368. The van der Waals surface area contributed by atoms with Crippen LogP contribution in [0.2, 0.25) is 0 Å². The van der Waals surface area contributed by atoms with Crippen molar-refractivity contribution in [2.45, 2.75) is 13.0 Å². The van der Waals surface area contributed by atoms with Crippen molar-refractivity contribution in [3.63, 3.8) is 0 Å². The standard InChI is InChI=1S/C8H4F6O2/c9-5-3-4(15-7(10)11)1-2-6(5)16-8(12,13)14/h1-3,7H. The number of ether oxygens (including phenoxy) is 2. The summed E-state index contributed by atoms with van der Waals surface area (Å²) >= 11 is 0. The molecule has 1 aromatic rings. The second kappa shape index (κ2) is 4.50. The van der Waals surface area contributed by atoms with E-state index in [1.54, 1.807) is 0 Å². The molecule has 0 saturated heterocycles. The van der Waals surface area contributed by atoms with Gasteiger partial charge in [-0.05, 0) is 12.1 Å². The number of hydrogen-bond donors (Lipinski definition) is 0. The molecule has 0 aliphatic rings. The lowest BCUT2D eigenvalue weighted by atomic mass is 10.3. The Morgan fingerprint density at radius 3 is 2.19 bits per heavy atom. The van der Waals surface area contributed by atoms with Crippen LogP contribution in [0.5, 0.6) is 11.5 Å². The van der Waals surface area contributed by atoms with Gasteiger partial charge in [-0.1, -0.05) is 0 Å². The summed E-state index contributed by atoms with van der Waals surface area (Å²) in [5, 5.41) is 0. The van der Waals surface area contributed by atoms with Crippen LogP contribution < -0.4 is 9.47 Å². The van der Waals surface area contributed by atoms with Crippen LogP contribution in [0, 0.1) is 5.82 Å². The number of alkyl halides is 5. The summed E-state index contributed by atoms with van der Waals surface area (Å²) < 4.78 is 78.3. The fraction of sp³-hybridized carbons (Fsp3) is 0.250. The molecule has 1 rings (SSSR count). The number of rotatable bonds is 3. The molecule has 1 aromatic carbocycles. The molecule has 0 aromatic heterocycles. The van der Waals surface area contributed by atoms with Gasteiger partial charge in [0.25, 0.3) is 0 Å². The Morgan fingerprint density at radius 1 is 1.12 bits per heavy atom. The third-order valence-corrected chi connectivity index (χ3v) is 1.35. The quantitative estimate of drug-likeness (QED) is 0.761. The van der Waals surface area contributed by atoms with E-state index in [4.69, 9.17) is 0 Å². The molecule has 0 aliphatic carbocycles. The number of halogens is 6. The van der Waals surface area contributed by atoms with Crippen LogP contribution >= 0.6 is 0 Å². The van der Waals surface area contributed by atoms with Gasteiger partial charge >= 0.3 is 13.0 Å². The smallest absolute Gasteiger partial charge is 0.435 e. The van der Waals surface area contributed by atoms with Crippen molar-refractivity contribution >= 4 is 0 Å². The van der Waals surface area contributed by atoms with E-state index in [-0.39, 0.29) is 0 Å². The fourth-order valence-corrected chi connectivity index (χ4v) is 0.865. The first-order valence-electron chi connectivity index (χ1n) is 3.78. The van der Waals surface area contributed by atoms with Crippen LogP contribution in [0.15, 0.2) is 18.2 Å². The van der Waals surface area contributed by atoms with Gasteiger partial charge in [0.1, 0.15) is 5.75 Å². The molecular formula is C8H4F6O2. The van der Waals surface area contributed by atoms with Gasteiger partial charge in [-0.3, -0.25) is 0 Å². The van der Waals surface area contributed by atoms with Gasteiger partial charge in [-0.25, -0.2) is 4.39 Å². The molecule has 0 atom stereocenters. The Balaban J connectivity index is 2.83. The molecule has 90 valence electrons. The molecule has 2 nitrogen and oxygen atoms in total. The van der Waals surface area contributed by atoms with Crippen molar-refractivity contribution in [2.24, 2.45) is 0 Å². The maximum Gasteiger partial charge on any atom is 0.573 e. The summed E-state index contributed by atoms with van der Waals surface area (Å²) in [6.07, 6.45) is -5.05. The summed E-state index contributed by atoms with van der Waals surface area (Å²) in [4.78, 5) is 0. The van der Waals surface area contributed by atoms with Gasteiger partial charge in [0.05, 0.1) is 0 Å². The van der Waals surface area contributed by atoms with E-state index in [0.29, 0.717) is 12.1 Å². The van der Waals surface area contributed by atoms with E-state index in [1.807, 2.05) is 0 Å². The molecule has 0 amide bonds. The molecule has 0 unspecified atom stereocenters. The Bertz CT molecular complexity index is 362. The first-order chi connectivity index (χ1) is 7.28. The number of hydrogen-bond acceptors (Lipinski definition) is 2. The van der Waals surface area contributed by atoms with Crippen molar-refractivity contribution in [1.29, 1.82) is 0 Å². The van der Waals surface area contributed by atoms with E-state index in [2.05, 4.69) is 9.47 Å². The van der Waals surface area contributed by atoms with Crippen molar-refractivity contribution in [2.75, 3.05) is 0 Å². The molecule has 16 heavy (non-hydrogen) atoms. The zero-order valence-corrected chi connectivity index (χ0v) is 7.39. The maximum absolute atomic E-state index is 12.9. The molecule has 8 heteroatoms. The third kappa shape index (κ3) is 3.87. The zero-order valence-electron chi connectivity index (χ0n) is 7.39. The molecule has 0 heterocycles. The van der Waals surface area contributed by atoms with E-state index < -0.39 is 30.3 Å². The van der Waals surface area contributed by atoms with E-state index in [9.17, 15) is 26.3 Å². The summed E-state index contributed by atoms with van der Waals surface area (Å²) in [6.45, 7) is -3.19. The highest BCUT2D eigenvalue weighted by Crippen LogP contribution is 2.28. The van der Waals surface area contributed by atoms with Crippen molar-refractivity contribution < 1.29 is 35.8 Å². The van der Waals surface area contributed by atoms with E-state index in [1.165, 1.54) is 0 Å². The van der Waals surface area contributed by atoms with Gasteiger partial charge in [0, 0.05) is 6.07 Å². The minimum Gasteiger partial charge on any atom is -0.435 e. The first-order valence-corrected chi connectivity index (χ1v) is 3.78. The summed E-state index contributed by atoms with van der Waals surface area (Å²) in [6, 6.07) is 1.64. The first kappa shape index (κ1) is 12.5. The molecule has 0 bridgehead atoms. The SMILES string of the molecule is Fc1cc(OC(F)F)ccc1OC(F)(F)F. The van der Waals surface area contributed by atoms with Gasteiger partial charge in [0.15, 0.2) is 11.6 Å². The Labute approximate surface area is 85.4 Å². The molecule has 0 radical (unpaired) electrons. The van der Waals surface area contributed by atoms with Gasteiger partial charge < -0.3 is 9.47 Å². The zero-order chi connectivity index (χ0) is 12.3. The summed E-state index contributed by atoms with van der Waals surface area (Å²) in [7, 11) is 0. The van der Waals surface area contributed by atoms with Crippen molar-refractivity contribution in [3.8, 4) is 11.5 Å². The predicted molar refractivity (Wildman–Crippen MR) is 39.7 cm³/mol. The van der Waals surface area contributed by atoms with Crippen molar-refractivity contribution in [1.82, 2.24) is 0 Å². The average Bonchev–Trinajstić information content (AvgIpc) is 2.06. The van der Waals surface area contributed by atoms with Gasteiger partial charge in [0.2, 0.25) is 0 Å². The molecule has 0 fully saturated rings. The average molecular weight is 246 g/mol. The fourth-order valence-electron chi connectivity index (χ4n) is 0.865. The van der Waals surface area contributed by atoms with Crippen LogP contribution in [-0.4, -0.2) is 13.0 Å². The van der Waals surface area contributed by atoms with Crippen LogP contribution in [-0.2, 0) is 0 Å².